The molecule has 3 heterocycles. The minimum absolute atomic E-state index is 0.0398. The number of ether oxygens (including phenoxy) is 1. The number of hydrogen-bond donors (Lipinski definition) is 1. The molecule has 46 heavy (non-hydrogen) atoms. The van der Waals surface area contributed by atoms with E-state index in [4.69, 9.17) is 9.84 Å². The van der Waals surface area contributed by atoms with Crippen LogP contribution >= 0.6 is 23.1 Å². The summed E-state index contributed by atoms with van der Waals surface area (Å²) >= 11 is 2.81. The molecule has 0 bridgehead atoms. The molecule has 0 aliphatic carbocycles. The average molecular weight is 655 g/mol. The third-order valence-corrected chi connectivity index (χ3v) is 9.43. The molecule has 3 aromatic carbocycles. The lowest BCUT2D eigenvalue weighted by Crippen LogP contribution is -2.28. The number of nitrogens with zero attached hydrogens (tertiary/aromatic N) is 5. The molecule has 2 aromatic heterocycles. The van der Waals surface area contributed by atoms with Gasteiger partial charge in [-0.05, 0) is 78.4 Å². The minimum Gasteiger partial charge on any atom is -0.497 e. The van der Waals surface area contributed by atoms with E-state index in [-0.39, 0.29) is 36.0 Å². The van der Waals surface area contributed by atoms with Gasteiger partial charge in [0.2, 0.25) is 0 Å². The maximum absolute atomic E-state index is 13.8. The third-order valence-electron chi connectivity index (χ3n) is 7.60. The highest BCUT2D eigenvalue weighted by molar-refractivity contribution is 7.99. The van der Waals surface area contributed by atoms with Crippen LogP contribution < -0.4 is 10.1 Å². The van der Waals surface area contributed by atoms with Crippen LogP contribution in [0, 0.1) is 19.7 Å². The fourth-order valence-electron chi connectivity index (χ4n) is 5.21. The van der Waals surface area contributed by atoms with E-state index in [1.54, 1.807) is 54.8 Å². The Balaban J connectivity index is 1.25. The van der Waals surface area contributed by atoms with Crippen molar-refractivity contribution in [3.63, 3.8) is 0 Å². The van der Waals surface area contributed by atoms with Crippen molar-refractivity contribution in [3.05, 3.63) is 123 Å². The zero-order valence-electron chi connectivity index (χ0n) is 25.4. The Labute approximate surface area is 274 Å². The molecule has 0 spiro atoms. The van der Waals surface area contributed by atoms with Gasteiger partial charge in [0.05, 0.1) is 41.7 Å². The molecule has 234 valence electrons. The number of carbonyl (C=O) groups is 2. The number of carbonyl (C=O) groups excluding carboxylic acids is 2. The van der Waals surface area contributed by atoms with Crippen LogP contribution in [0.3, 0.4) is 0 Å². The zero-order chi connectivity index (χ0) is 32.2. The van der Waals surface area contributed by atoms with Crippen LogP contribution in [0.15, 0.2) is 94.5 Å². The normalized spacial score (nSPS) is 14.3. The van der Waals surface area contributed by atoms with Gasteiger partial charge in [0, 0.05) is 12.0 Å². The van der Waals surface area contributed by atoms with Crippen LogP contribution in [0.25, 0.3) is 5.69 Å². The molecule has 12 heteroatoms. The maximum atomic E-state index is 13.8. The molecule has 0 unspecified atom stereocenters. The van der Waals surface area contributed by atoms with Crippen molar-refractivity contribution < 1.29 is 18.7 Å². The second-order valence-corrected chi connectivity index (χ2v) is 12.7. The highest BCUT2D eigenvalue weighted by Crippen LogP contribution is 2.35. The molecule has 5 aromatic rings. The minimum atomic E-state index is -0.356. The summed E-state index contributed by atoms with van der Waals surface area (Å²) < 4.78 is 20.9. The highest BCUT2D eigenvalue weighted by atomic mass is 32.2. The van der Waals surface area contributed by atoms with Gasteiger partial charge in [0.15, 0.2) is 11.0 Å². The summed E-state index contributed by atoms with van der Waals surface area (Å²) in [5, 5.41) is 20.5. The van der Waals surface area contributed by atoms with E-state index in [1.807, 2.05) is 54.1 Å². The number of hydrogen-bond acceptors (Lipinski definition) is 8. The summed E-state index contributed by atoms with van der Waals surface area (Å²) in [5.41, 5.74) is 4.97. The topological polar surface area (TPSA) is 102 Å². The van der Waals surface area contributed by atoms with Crippen molar-refractivity contribution in [2.24, 2.45) is 5.10 Å². The van der Waals surface area contributed by atoms with Crippen LogP contribution in [0.4, 0.5) is 4.39 Å². The summed E-state index contributed by atoms with van der Waals surface area (Å²) in [7, 11) is 1.55. The molecule has 1 atom stereocenters. The van der Waals surface area contributed by atoms with E-state index in [2.05, 4.69) is 15.5 Å². The van der Waals surface area contributed by atoms with E-state index in [0.717, 1.165) is 33.0 Å². The van der Waals surface area contributed by atoms with Crippen molar-refractivity contribution in [2.75, 3.05) is 12.9 Å². The molecule has 0 saturated heterocycles. The van der Waals surface area contributed by atoms with Crippen molar-refractivity contribution in [1.82, 2.24) is 25.1 Å². The Morgan fingerprint density at radius 2 is 1.87 bits per heavy atom. The van der Waals surface area contributed by atoms with Gasteiger partial charge in [-0.1, -0.05) is 48.2 Å². The summed E-state index contributed by atoms with van der Waals surface area (Å²) in [4.78, 5) is 27.8. The molecule has 1 N–H and O–H groups in total. The number of aryl methyl sites for hydroxylation is 2. The quantitative estimate of drug-likeness (QED) is 0.173. The summed E-state index contributed by atoms with van der Waals surface area (Å²) in [6.45, 7) is 4.10. The number of thiophene rings is 1. The molecular formula is C34H31FN6O3S2. The number of thioether (sulfide) groups is 1. The average Bonchev–Trinajstić information content (AvgIpc) is 3.84. The fraction of sp³-hybridized carbons (Fsp3) is 0.206. The lowest BCUT2D eigenvalue weighted by atomic mass is 10.0. The van der Waals surface area contributed by atoms with Crippen LogP contribution in [0.5, 0.6) is 5.75 Å². The van der Waals surface area contributed by atoms with E-state index in [9.17, 15) is 14.0 Å². The molecule has 2 amide bonds. The van der Waals surface area contributed by atoms with Gasteiger partial charge in [-0.3, -0.25) is 14.2 Å². The maximum Gasteiger partial charge on any atom is 0.253 e. The predicted octanol–water partition coefficient (Wildman–Crippen LogP) is 6.49. The summed E-state index contributed by atoms with van der Waals surface area (Å²) in [5.74, 6) is 0.312. The molecule has 0 radical (unpaired) electrons. The van der Waals surface area contributed by atoms with Crippen molar-refractivity contribution >= 4 is 40.6 Å². The second kappa shape index (κ2) is 13.7. The van der Waals surface area contributed by atoms with E-state index < -0.39 is 0 Å². The Hall–Kier alpha value is -4.81. The lowest BCUT2D eigenvalue weighted by molar-refractivity contribution is -0.130. The van der Waals surface area contributed by atoms with Crippen molar-refractivity contribution in [1.29, 1.82) is 0 Å². The first-order valence-corrected chi connectivity index (χ1v) is 16.4. The summed E-state index contributed by atoms with van der Waals surface area (Å²) in [6, 6.07) is 22.8. The van der Waals surface area contributed by atoms with E-state index in [0.29, 0.717) is 28.7 Å². The Morgan fingerprint density at radius 1 is 1.04 bits per heavy atom. The SMILES string of the molecule is COc1cccc(C(=O)NCc2nnc(SCC(=O)N3N=C(c4cccs4)C[C@H]3c3ccc(F)cc3)n2-c2cc(C)ccc2C)c1. The number of halogens is 1. The smallest absolute Gasteiger partial charge is 0.253 e. The molecule has 0 fully saturated rings. The number of methoxy groups -OCH3 is 1. The first kappa shape index (κ1) is 31.2. The number of benzene rings is 3. The van der Waals surface area contributed by atoms with Gasteiger partial charge in [-0.2, -0.15) is 5.10 Å². The van der Waals surface area contributed by atoms with Gasteiger partial charge >= 0.3 is 0 Å². The first-order valence-electron chi connectivity index (χ1n) is 14.6. The highest BCUT2D eigenvalue weighted by Gasteiger charge is 2.34. The first-order chi connectivity index (χ1) is 22.3. The standard InChI is InChI=1S/C34H31FN6O3S2/c1-21-9-10-22(2)28(16-21)40-31(19-36-33(43)24-6-4-7-26(17-24)44-3)37-38-34(40)46-20-32(42)41-29(23-11-13-25(35)14-12-23)18-27(39-41)30-8-5-15-45-30/h4-17,29H,18-20H2,1-3H3,(H,36,43)/t29-/m0/s1. The molecular weight excluding hydrogens is 624 g/mol. The van der Waals surface area contributed by atoms with Gasteiger partial charge in [0.1, 0.15) is 11.6 Å². The lowest BCUT2D eigenvalue weighted by Gasteiger charge is -2.22. The number of amides is 2. The molecule has 1 aliphatic rings. The monoisotopic (exact) mass is 654 g/mol. The summed E-state index contributed by atoms with van der Waals surface area (Å²) in [6.07, 6.45) is 0.526. The second-order valence-electron chi connectivity index (χ2n) is 10.8. The molecule has 9 nitrogen and oxygen atoms in total. The Morgan fingerprint density at radius 3 is 2.63 bits per heavy atom. The molecule has 1 aliphatic heterocycles. The molecule has 6 rings (SSSR count). The molecule has 0 saturated carbocycles. The number of aromatic nitrogens is 3. The largest absolute Gasteiger partial charge is 0.497 e. The van der Waals surface area contributed by atoms with Crippen LogP contribution in [-0.4, -0.2) is 50.2 Å². The Kier molecular flexibility index (Phi) is 9.27. The number of rotatable bonds is 10. The van der Waals surface area contributed by atoms with Crippen molar-refractivity contribution in [3.8, 4) is 11.4 Å². The van der Waals surface area contributed by atoms with Crippen LogP contribution in [0.2, 0.25) is 0 Å². The van der Waals surface area contributed by atoms with Crippen LogP contribution in [-0.2, 0) is 11.3 Å². The van der Waals surface area contributed by atoms with E-state index >= 15 is 0 Å². The van der Waals surface area contributed by atoms with E-state index in [1.165, 1.54) is 28.9 Å². The zero-order valence-corrected chi connectivity index (χ0v) is 27.1. The van der Waals surface area contributed by atoms with Crippen molar-refractivity contribution in [2.45, 2.75) is 38.0 Å². The third kappa shape index (κ3) is 6.73. The van der Waals surface area contributed by atoms with Gasteiger partial charge < -0.3 is 10.1 Å². The van der Waals surface area contributed by atoms with Gasteiger partial charge in [0.25, 0.3) is 11.8 Å². The number of hydrazone groups is 1. The number of nitrogens with one attached hydrogen (secondary N) is 1. The predicted molar refractivity (Wildman–Crippen MR) is 177 cm³/mol. The van der Waals surface area contributed by atoms with Crippen LogP contribution in [0.1, 0.15) is 50.2 Å². The Bertz CT molecular complexity index is 1910. The van der Waals surface area contributed by atoms with Gasteiger partial charge in [-0.15, -0.1) is 21.5 Å². The van der Waals surface area contributed by atoms with Gasteiger partial charge in [-0.25, -0.2) is 9.40 Å². The fourth-order valence-corrected chi connectivity index (χ4v) is 6.74.